The number of carbonyl (C=O) groups excluding carboxylic acids is 2. The Morgan fingerprint density at radius 3 is 2.11 bits per heavy atom. The maximum atomic E-state index is 13.3. The van der Waals surface area contributed by atoms with Crippen molar-refractivity contribution in [1.82, 2.24) is 10.2 Å². The van der Waals surface area contributed by atoms with Crippen LogP contribution in [0.4, 0.5) is 5.69 Å². The zero-order valence-corrected chi connectivity index (χ0v) is 22.8. The molecule has 2 amide bonds. The topological polar surface area (TPSA) is 86.8 Å². The third kappa shape index (κ3) is 8.69. The molecule has 0 spiro atoms. The lowest BCUT2D eigenvalue weighted by molar-refractivity contribution is -0.140. The van der Waals surface area contributed by atoms with Gasteiger partial charge in [0.15, 0.2) is 0 Å². The summed E-state index contributed by atoms with van der Waals surface area (Å²) in [6.07, 6.45) is 1.64. The number of nitrogens with one attached hydrogen (secondary N) is 1. The van der Waals surface area contributed by atoms with Gasteiger partial charge in [0.1, 0.15) is 6.04 Å². The molecule has 0 bridgehead atoms. The van der Waals surface area contributed by atoms with Gasteiger partial charge in [-0.2, -0.15) is 0 Å². The van der Waals surface area contributed by atoms with Gasteiger partial charge >= 0.3 is 0 Å². The summed E-state index contributed by atoms with van der Waals surface area (Å²) in [6, 6.07) is 12.8. The van der Waals surface area contributed by atoms with E-state index in [1.165, 1.54) is 10.6 Å². The minimum absolute atomic E-state index is 0.0398. The van der Waals surface area contributed by atoms with E-state index in [0.717, 1.165) is 22.3 Å². The molecule has 0 unspecified atom stereocenters. The number of hydrogen-bond donors (Lipinski definition) is 1. The number of hydrogen-bond acceptors (Lipinski definition) is 4. The van der Waals surface area contributed by atoms with Crippen LogP contribution in [0.25, 0.3) is 0 Å². The largest absolute Gasteiger partial charge is 0.352 e. The molecule has 0 saturated heterocycles. The first kappa shape index (κ1) is 28.4. The molecular weight excluding hydrogens is 462 g/mol. The predicted molar refractivity (Wildman–Crippen MR) is 142 cm³/mol. The molecule has 2 aromatic rings. The van der Waals surface area contributed by atoms with Crippen molar-refractivity contribution in [3.05, 3.63) is 64.7 Å². The minimum atomic E-state index is -3.52. The van der Waals surface area contributed by atoms with Gasteiger partial charge < -0.3 is 10.2 Å². The molecule has 0 aliphatic rings. The lowest BCUT2D eigenvalue weighted by Crippen LogP contribution is -2.49. The Morgan fingerprint density at radius 2 is 1.57 bits per heavy atom. The van der Waals surface area contributed by atoms with Crippen LogP contribution in [0.5, 0.6) is 0 Å². The van der Waals surface area contributed by atoms with Gasteiger partial charge in [-0.1, -0.05) is 35.9 Å². The first-order valence-electron chi connectivity index (χ1n) is 12.0. The summed E-state index contributed by atoms with van der Waals surface area (Å²) in [5, 5.41) is 2.88. The first-order chi connectivity index (χ1) is 16.3. The number of aryl methyl sites for hydroxylation is 3. The standard InChI is InChI=1S/C27H39N3O4S/c1-19(2)28-27(32)23(6)29(18-24-11-8-10-20(3)15-24)26(31)12-9-13-30(35(7,33)34)25-16-21(4)14-22(5)17-25/h8,10-11,14-17,19,23H,9,12-13,18H2,1-7H3,(H,28,32)/t23-/m0/s1. The van der Waals surface area contributed by atoms with E-state index in [4.69, 9.17) is 0 Å². The smallest absolute Gasteiger partial charge is 0.242 e. The van der Waals surface area contributed by atoms with Crippen molar-refractivity contribution in [1.29, 1.82) is 0 Å². The molecule has 1 N–H and O–H groups in total. The van der Waals surface area contributed by atoms with Crippen LogP contribution in [-0.4, -0.2) is 50.0 Å². The van der Waals surface area contributed by atoms with Gasteiger partial charge in [-0.05, 0) is 76.8 Å². The maximum Gasteiger partial charge on any atom is 0.242 e. The van der Waals surface area contributed by atoms with Crippen LogP contribution >= 0.6 is 0 Å². The molecule has 2 aromatic carbocycles. The average molecular weight is 502 g/mol. The fourth-order valence-electron chi connectivity index (χ4n) is 4.09. The lowest BCUT2D eigenvalue weighted by atomic mass is 10.1. The van der Waals surface area contributed by atoms with Crippen LogP contribution in [0.1, 0.15) is 55.9 Å². The molecule has 192 valence electrons. The Hall–Kier alpha value is -2.87. The molecule has 0 aliphatic heterocycles. The van der Waals surface area contributed by atoms with E-state index in [1.807, 2.05) is 77.1 Å². The van der Waals surface area contributed by atoms with Crippen LogP contribution in [0.15, 0.2) is 42.5 Å². The van der Waals surface area contributed by atoms with Gasteiger partial charge in [0.05, 0.1) is 11.9 Å². The van der Waals surface area contributed by atoms with Crippen LogP contribution in [-0.2, 0) is 26.2 Å². The van der Waals surface area contributed by atoms with Crippen molar-refractivity contribution < 1.29 is 18.0 Å². The van der Waals surface area contributed by atoms with Crippen LogP contribution in [0.3, 0.4) is 0 Å². The average Bonchev–Trinajstić information content (AvgIpc) is 2.72. The summed E-state index contributed by atoms with van der Waals surface area (Å²) in [6.45, 7) is 11.8. The predicted octanol–water partition coefficient (Wildman–Crippen LogP) is 4.10. The Bertz CT molecular complexity index is 1120. The second-order valence-electron chi connectivity index (χ2n) is 9.63. The highest BCUT2D eigenvalue weighted by atomic mass is 32.2. The summed E-state index contributed by atoms with van der Waals surface area (Å²) < 4.78 is 26.4. The van der Waals surface area contributed by atoms with Crippen LogP contribution in [0.2, 0.25) is 0 Å². The van der Waals surface area contributed by atoms with Crippen molar-refractivity contribution in [2.75, 3.05) is 17.1 Å². The van der Waals surface area contributed by atoms with E-state index in [9.17, 15) is 18.0 Å². The third-order valence-electron chi connectivity index (χ3n) is 5.68. The van der Waals surface area contributed by atoms with E-state index in [2.05, 4.69) is 5.32 Å². The minimum Gasteiger partial charge on any atom is -0.352 e. The lowest BCUT2D eigenvalue weighted by Gasteiger charge is -2.30. The van der Waals surface area contributed by atoms with Crippen molar-refractivity contribution in [2.45, 2.75) is 73.0 Å². The summed E-state index contributed by atoms with van der Waals surface area (Å²) in [4.78, 5) is 27.6. The van der Waals surface area contributed by atoms with Gasteiger partial charge in [0, 0.05) is 25.6 Å². The SMILES string of the molecule is Cc1cccc(CN(C(=O)CCCN(c2cc(C)cc(C)c2)S(C)(=O)=O)[C@@H](C)C(=O)NC(C)C)c1. The number of rotatable bonds is 11. The highest BCUT2D eigenvalue weighted by Crippen LogP contribution is 2.22. The third-order valence-corrected chi connectivity index (χ3v) is 6.87. The van der Waals surface area contributed by atoms with E-state index < -0.39 is 16.1 Å². The molecule has 8 heteroatoms. The fraction of sp³-hybridized carbons (Fsp3) is 0.481. The zero-order chi connectivity index (χ0) is 26.3. The van der Waals surface area contributed by atoms with Gasteiger partial charge in [0.25, 0.3) is 0 Å². The second-order valence-corrected chi connectivity index (χ2v) is 11.5. The van der Waals surface area contributed by atoms with E-state index in [-0.39, 0.29) is 30.8 Å². The van der Waals surface area contributed by atoms with Gasteiger partial charge in [-0.15, -0.1) is 0 Å². The normalized spacial score (nSPS) is 12.3. The number of benzene rings is 2. The summed E-state index contributed by atoms with van der Waals surface area (Å²) in [7, 11) is -3.52. The van der Waals surface area contributed by atoms with Crippen LogP contribution < -0.4 is 9.62 Å². The molecule has 0 saturated carbocycles. The van der Waals surface area contributed by atoms with Gasteiger partial charge in [-0.25, -0.2) is 8.42 Å². The molecule has 1 atom stereocenters. The highest BCUT2D eigenvalue weighted by molar-refractivity contribution is 7.92. The quantitative estimate of drug-likeness (QED) is 0.502. The summed E-state index contributed by atoms with van der Waals surface area (Å²) in [5.41, 5.74) is 4.55. The molecule has 0 aliphatic carbocycles. The molecule has 2 rings (SSSR count). The maximum absolute atomic E-state index is 13.3. The van der Waals surface area contributed by atoms with E-state index >= 15 is 0 Å². The van der Waals surface area contributed by atoms with Crippen molar-refractivity contribution in [2.24, 2.45) is 0 Å². The van der Waals surface area contributed by atoms with Gasteiger partial charge in [0.2, 0.25) is 21.8 Å². The summed E-state index contributed by atoms with van der Waals surface area (Å²) in [5.74, 6) is -0.402. The Morgan fingerprint density at radius 1 is 0.943 bits per heavy atom. The molecule has 0 radical (unpaired) electrons. The number of carbonyl (C=O) groups is 2. The molecule has 35 heavy (non-hydrogen) atoms. The van der Waals surface area contributed by atoms with Crippen LogP contribution in [0, 0.1) is 20.8 Å². The first-order valence-corrected chi connectivity index (χ1v) is 13.8. The monoisotopic (exact) mass is 501 g/mol. The number of anilines is 1. The van der Waals surface area contributed by atoms with Gasteiger partial charge in [-0.3, -0.25) is 13.9 Å². The molecular formula is C27H39N3O4S. The fourth-order valence-corrected chi connectivity index (χ4v) is 5.04. The highest BCUT2D eigenvalue weighted by Gasteiger charge is 2.27. The Kier molecular flexibility index (Phi) is 9.89. The van der Waals surface area contributed by atoms with E-state index in [0.29, 0.717) is 18.7 Å². The Labute approximate surface area is 210 Å². The molecule has 7 nitrogen and oxygen atoms in total. The molecule has 0 heterocycles. The number of nitrogens with zero attached hydrogens (tertiary/aromatic N) is 2. The van der Waals surface area contributed by atoms with E-state index in [1.54, 1.807) is 11.8 Å². The second kappa shape index (κ2) is 12.2. The van der Waals surface area contributed by atoms with Crippen molar-refractivity contribution in [3.63, 3.8) is 0 Å². The molecule has 0 fully saturated rings. The zero-order valence-electron chi connectivity index (χ0n) is 22.0. The molecule has 0 aromatic heterocycles. The number of sulfonamides is 1. The van der Waals surface area contributed by atoms with Crippen molar-refractivity contribution >= 4 is 27.5 Å². The number of amides is 2. The van der Waals surface area contributed by atoms with Crippen molar-refractivity contribution in [3.8, 4) is 0 Å². The Balaban J connectivity index is 2.20. The summed E-state index contributed by atoms with van der Waals surface area (Å²) >= 11 is 0.